The molecule has 0 N–H and O–H groups in total. The van der Waals surface area contributed by atoms with E-state index in [2.05, 4.69) is 27.7 Å². The number of aliphatic imine (C=N–C) groups is 1. The Bertz CT molecular complexity index is 321. The molecule has 0 aromatic rings. The fourth-order valence-electron chi connectivity index (χ4n) is 3.44. The van der Waals surface area contributed by atoms with Crippen molar-refractivity contribution in [2.75, 3.05) is 30.4 Å². The van der Waals surface area contributed by atoms with E-state index in [1.165, 1.54) is 74.0 Å². The van der Waals surface area contributed by atoms with Gasteiger partial charge in [-0.05, 0) is 0 Å². The SMILES string of the molecule is CCCCP(Cl)(CCCC)(CCCC)CC1CSC(C)=N1. The van der Waals surface area contributed by atoms with Crippen LogP contribution in [0.25, 0.3) is 0 Å². The number of rotatable bonds is 11. The van der Waals surface area contributed by atoms with Crippen LogP contribution < -0.4 is 0 Å². The van der Waals surface area contributed by atoms with Crippen LogP contribution in [0.3, 0.4) is 0 Å². The molecule has 4 heteroatoms. The summed E-state index contributed by atoms with van der Waals surface area (Å²) in [6.07, 6.45) is 12.8. The molecule has 0 saturated carbocycles. The average Bonchev–Trinajstić information content (AvgIpc) is 2.86. The fourth-order valence-corrected chi connectivity index (χ4v) is 11.8. The van der Waals surface area contributed by atoms with E-state index in [0.29, 0.717) is 6.04 Å². The number of halogens is 1. The van der Waals surface area contributed by atoms with Crippen molar-refractivity contribution < 1.29 is 0 Å². The first-order chi connectivity index (χ1) is 9.95. The van der Waals surface area contributed by atoms with Crippen molar-refractivity contribution in [2.45, 2.75) is 72.3 Å². The number of thioether (sulfide) groups is 1. The van der Waals surface area contributed by atoms with Crippen LogP contribution in [0.4, 0.5) is 0 Å². The van der Waals surface area contributed by atoms with Crippen molar-refractivity contribution in [3.8, 4) is 0 Å². The quantitative estimate of drug-likeness (QED) is 0.380. The number of nitrogens with zero attached hydrogens (tertiary/aromatic N) is 1. The van der Waals surface area contributed by atoms with E-state index >= 15 is 0 Å². The molecule has 0 fully saturated rings. The van der Waals surface area contributed by atoms with Crippen LogP contribution in [0.15, 0.2) is 4.99 Å². The van der Waals surface area contributed by atoms with Gasteiger partial charge >= 0.3 is 142 Å². The second kappa shape index (κ2) is 9.14. The summed E-state index contributed by atoms with van der Waals surface area (Å²) in [5.74, 6) is -0.922. The summed E-state index contributed by atoms with van der Waals surface area (Å²) in [5.41, 5.74) is 0. The molecule has 0 amide bonds. The van der Waals surface area contributed by atoms with Crippen LogP contribution in [-0.2, 0) is 0 Å². The standard InChI is InChI=1S/C17H35ClNPS/c1-5-8-11-20(18,12-9-6-2,13-10-7-3)14-17-15-21-16(4)19-17/h17H,5-15H2,1-4H3. The van der Waals surface area contributed by atoms with Gasteiger partial charge in [0.25, 0.3) is 0 Å². The maximum atomic E-state index is 7.61. The molecule has 0 bridgehead atoms. The van der Waals surface area contributed by atoms with E-state index in [0.717, 1.165) is 0 Å². The van der Waals surface area contributed by atoms with Gasteiger partial charge in [-0.1, -0.05) is 0 Å². The molecule has 0 saturated heterocycles. The summed E-state index contributed by atoms with van der Waals surface area (Å²) >= 11 is 9.54. The van der Waals surface area contributed by atoms with Crippen molar-refractivity contribution in [3.05, 3.63) is 0 Å². The summed E-state index contributed by atoms with van der Waals surface area (Å²) in [6, 6.07) is 0.496. The van der Waals surface area contributed by atoms with Crippen LogP contribution in [0.2, 0.25) is 0 Å². The van der Waals surface area contributed by atoms with E-state index in [1.54, 1.807) is 0 Å². The molecule has 1 unspecified atom stereocenters. The van der Waals surface area contributed by atoms with E-state index < -0.39 is 5.96 Å². The second-order valence-electron chi connectivity index (χ2n) is 6.85. The molecule has 1 aliphatic rings. The average molecular weight is 352 g/mol. The third kappa shape index (κ3) is 6.40. The number of hydrogen-bond acceptors (Lipinski definition) is 2. The summed E-state index contributed by atoms with van der Waals surface area (Å²) in [4.78, 5) is 4.87. The molecule has 1 atom stereocenters. The second-order valence-corrected chi connectivity index (χ2v) is 16.3. The Labute approximate surface area is 141 Å². The Morgan fingerprint density at radius 1 is 1.05 bits per heavy atom. The molecule has 1 aliphatic heterocycles. The van der Waals surface area contributed by atoms with Crippen LogP contribution in [0, 0.1) is 0 Å². The molecule has 21 heavy (non-hydrogen) atoms. The molecule has 0 radical (unpaired) electrons. The van der Waals surface area contributed by atoms with Crippen LogP contribution in [-0.4, -0.2) is 41.5 Å². The molecular formula is C17H35ClNPS. The van der Waals surface area contributed by atoms with Gasteiger partial charge < -0.3 is 0 Å². The van der Waals surface area contributed by atoms with Crippen LogP contribution >= 0.6 is 29.0 Å². The molecule has 126 valence electrons. The fraction of sp³-hybridized carbons (Fsp3) is 0.941. The first-order valence-corrected chi connectivity index (χ1v) is 13.7. The van der Waals surface area contributed by atoms with E-state index in [1.807, 2.05) is 11.8 Å². The Kier molecular flexibility index (Phi) is 8.61. The Balaban J connectivity index is 2.90. The van der Waals surface area contributed by atoms with E-state index in [-0.39, 0.29) is 0 Å². The van der Waals surface area contributed by atoms with Gasteiger partial charge in [-0.25, -0.2) is 0 Å². The molecule has 1 rings (SSSR count). The minimum absolute atomic E-state index is 0.496. The predicted molar refractivity (Wildman–Crippen MR) is 106 cm³/mol. The topological polar surface area (TPSA) is 12.4 Å². The molecule has 0 spiro atoms. The monoisotopic (exact) mass is 351 g/mol. The molecule has 1 nitrogen and oxygen atoms in total. The Hall–Kier alpha value is 0.740. The first kappa shape index (κ1) is 19.8. The zero-order valence-electron chi connectivity index (χ0n) is 14.5. The van der Waals surface area contributed by atoms with Crippen LogP contribution in [0.1, 0.15) is 66.2 Å². The summed E-state index contributed by atoms with van der Waals surface area (Å²) < 4.78 is 0. The van der Waals surface area contributed by atoms with Crippen LogP contribution in [0.5, 0.6) is 0 Å². The summed E-state index contributed by atoms with van der Waals surface area (Å²) in [7, 11) is 0. The van der Waals surface area contributed by atoms with E-state index in [9.17, 15) is 0 Å². The van der Waals surface area contributed by atoms with E-state index in [4.69, 9.17) is 16.2 Å². The molecule has 1 heterocycles. The molecule has 0 aliphatic carbocycles. The van der Waals surface area contributed by atoms with Gasteiger partial charge in [-0.3, -0.25) is 0 Å². The zero-order chi connectivity index (χ0) is 15.8. The summed E-state index contributed by atoms with van der Waals surface area (Å²) in [5, 5.41) is 1.27. The van der Waals surface area contributed by atoms with Gasteiger partial charge in [-0.15, -0.1) is 0 Å². The molecule has 0 aromatic heterocycles. The van der Waals surface area contributed by atoms with Gasteiger partial charge in [0.2, 0.25) is 0 Å². The van der Waals surface area contributed by atoms with Gasteiger partial charge in [0.1, 0.15) is 0 Å². The van der Waals surface area contributed by atoms with Crippen molar-refractivity contribution in [2.24, 2.45) is 4.99 Å². The van der Waals surface area contributed by atoms with Gasteiger partial charge in [0.15, 0.2) is 0 Å². The number of hydrogen-bond donors (Lipinski definition) is 0. The molecular weight excluding hydrogens is 317 g/mol. The third-order valence-corrected chi connectivity index (χ3v) is 13.4. The first-order valence-electron chi connectivity index (χ1n) is 8.85. The normalized spacial score (nSPS) is 21.1. The summed E-state index contributed by atoms with van der Waals surface area (Å²) in [6.45, 7) is 9.04. The van der Waals surface area contributed by atoms with Gasteiger partial charge in [0.05, 0.1) is 0 Å². The minimum atomic E-state index is -2.09. The number of unbranched alkanes of at least 4 members (excludes halogenated alkanes) is 3. The van der Waals surface area contributed by atoms with Crippen molar-refractivity contribution in [1.29, 1.82) is 0 Å². The maximum absolute atomic E-state index is 7.61. The van der Waals surface area contributed by atoms with Crippen molar-refractivity contribution >= 4 is 34.0 Å². The van der Waals surface area contributed by atoms with Crippen molar-refractivity contribution in [3.63, 3.8) is 0 Å². The Morgan fingerprint density at radius 3 is 1.86 bits per heavy atom. The third-order valence-electron chi connectivity index (χ3n) is 4.73. The zero-order valence-corrected chi connectivity index (χ0v) is 17.0. The van der Waals surface area contributed by atoms with Gasteiger partial charge in [-0.2, -0.15) is 0 Å². The Morgan fingerprint density at radius 2 is 1.52 bits per heavy atom. The van der Waals surface area contributed by atoms with Crippen molar-refractivity contribution in [1.82, 2.24) is 0 Å². The molecule has 0 aromatic carbocycles. The predicted octanol–water partition coefficient (Wildman–Crippen LogP) is 6.63. The van der Waals surface area contributed by atoms with Gasteiger partial charge in [0, 0.05) is 0 Å².